The molecule has 0 saturated carbocycles. The van der Waals surface area contributed by atoms with Crippen molar-refractivity contribution < 1.29 is 14.7 Å². The van der Waals surface area contributed by atoms with Gasteiger partial charge in [0.15, 0.2) is 0 Å². The van der Waals surface area contributed by atoms with Gasteiger partial charge in [0.2, 0.25) is 5.91 Å². The van der Waals surface area contributed by atoms with Gasteiger partial charge in [-0.15, -0.1) is 12.3 Å². The Morgan fingerprint density at radius 1 is 1.44 bits per heavy atom. The second-order valence-corrected chi connectivity index (χ2v) is 3.72. The summed E-state index contributed by atoms with van der Waals surface area (Å²) < 4.78 is 0. The first-order chi connectivity index (χ1) is 8.63. The molecule has 0 fully saturated rings. The molecule has 5 heteroatoms. The lowest BCUT2D eigenvalue weighted by Crippen LogP contribution is -2.40. The molecule has 1 heterocycles. The predicted octanol–water partition coefficient (Wildman–Crippen LogP) is 0.607. The normalized spacial score (nSPS) is 11.3. The number of pyridine rings is 1. The lowest BCUT2D eigenvalue weighted by molar-refractivity contribution is -0.141. The Morgan fingerprint density at radius 3 is 2.67 bits per heavy atom. The highest BCUT2D eigenvalue weighted by atomic mass is 16.4. The maximum absolute atomic E-state index is 11.5. The first kappa shape index (κ1) is 13.7. The van der Waals surface area contributed by atoms with Gasteiger partial charge in [-0.2, -0.15) is 0 Å². The van der Waals surface area contributed by atoms with Crippen LogP contribution in [-0.2, 0) is 16.0 Å². The van der Waals surface area contributed by atoms with Crippen LogP contribution in [0.2, 0.25) is 0 Å². The molecule has 5 nitrogen and oxygen atoms in total. The van der Waals surface area contributed by atoms with E-state index in [1.54, 1.807) is 12.4 Å². The van der Waals surface area contributed by atoms with E-state index >= 15 is 0 Å². The lowest BCUT2D eigenvalue weighted by Gasteiger charge is -2.11. The van der Waals surface area contributed by atoms with Crippen molar-refractivity contribution in [2.75, 3.05) is 0 Å². The summed E-state index contributed by atoms with van der Waals surface area (Å²) in [4.78, 5) is 26.2. The molecule has 0 aliphatic rings. The van der Waals surface area contributed by atoms with E-state index in [1.165, 1.54) is 0 Å². The number of nitrogens with zero attached hydrogens (tertiary/aromatic N) is 1. The Labute approximate surface area is 105 Å². The lowest BCUT2D eigenvalue weighted by atomic mass is 10.1. The first-order valence-electron chi connectivity index (χ1n) is 5.48. The largest absolute Gasteiger partial charge is 0.480 e. The van der Waals surface area contributed by atoms with Crippen LogP contribution in [0.25, 0.3) is 0 Å². The maximum Gasteiger partial charge on any atom is 0.327 e. The molecule has 0 aromatic carbocycles. The fourth-order valence-corrected chi connectivity index (χ4v) is 1.39. The molecule has 1 aromatic heterocycles. The van der Waals surface area contributed by atoms with Gasteiger partial charge in [0.1, 0.15) is 6.04 Å². The summed E-state index contributed by atoms with van der Waals surface area (Å²) in [7, 11) is 0. The quantitative estimate of drug-likeness (QED) is 0.721. The summed E-state index contributed by atoms with van der Waals surface area (Å²) in [5, 5.41) is 11.2. The van der Waals surface area contributed by atoms with E-state index in [-0.39, 0.29) is 18.7 Å². The predicted molar refractivity (Wildman–Crippen MR) is 65.6 cm³/mol. The Kier molecular flexibility index (Phi) is 5.39. The molecule has 1 unspecified atom stereocenters. The van der Waals surface area contributed by atoms with E-state index in [0.29, 0.717) is 6.42 Å². The summed E-state index contributed by atoms with van der Waals surface area (Å²) in [6, 6.07) is 2.60. The molecule has 18 heavy (non-hydrogen) atoms. The van der Waals surface area contributed by atoms with Gasteiger partial charge in [-0.25, -0.2) is 4.79 Å². The number of aliphatic carboxylic acids is 1. The molecule has 0 spiro atoms. The highest BCUT2D eigenvalue weighted by Crippen LogP contribution is 2.01. The fourth-order valence-electron chi connectivity index (χ4n) is 1.39. The molecule has 1 aromatic rings. The van der Waals surface area contributed by atoms with Gasteiger partial charge in [0.25, 0.3) is 0 Å². The summed E-state index contributed by atoms with van der Waals surface area (Å²) in [6.07, 6.45) is 9.07. The van der Waals surface area contributed by atoms with Crippen molar-refractivity contribution in [3.05, 3.63) is 30.1 Å². The fraction of sp³-hybridized carbons (Fsp3) is 0.308. The van der Waals surface area contributed by atoms with Crippen LogP contribution in [0.3, 0.4) is 0 Å². The summed E-state index contributed by atoms with van der Waals surface area (Å²) in [5.41, 5.74) is 0.976. The molecule has 0 radical (unpaired) electrons. The van der Waals surface area contributed by atoms with E-state index in [0.717, 1.165) is 5.56 Å². The number of carboxylic acid groups (broad SMARTS) is 1. The minimum atomic E-state index is -1.12. The third-order valence-electron chi connectivity index (χ3n) is 2.35. The Morgan fingerprint density at radius 2 is 2.11 bits per heavy atom. The molecule has 1 atom stereocenters. The van der Waals surface area contributed by atoms with Crippen LogP contribution in [0.5, 0.6) is 0 Å². The van der Waals surface area contributed by atoms with Gasteiger partial charge >= 0.3 is 5.97 Å². The number of hydrogen-bond acceptors (Lipinski definition) is 3. The number of hydrogen-bond donors (Lipinski definition) is 2. The van der Waals surface area contributed by atoms with E-state index in [2.05, 4.69) is 16.2 Å². The molecule has 0 aliphatic heterocycles. The average Bonchev–Trinajstić information content (AvgIpc) is 2.37. The SMILES string of the molecule is C#CCC(NC(=O)CCc1ccncc1)C(=O)O. The van der Waals surface area contributed by atoms with Gasteiger partial charge in [0, 0.05) is 25.2 Å². The molecule has 0 saturated heterocycles. The molecular formula is C13H14N2O3. The topological polar surface area (TPSA) is 79.3 Å². The maximum atomic E-state index is 11.5. The summed E-state index contributed by atoms with van der Waals surface area (Å²) >= 11 is 0. The minimum Gasteiger partial charge on any atom is -0.480 e. The molecule has 0 bridgehead atoms. The number of nitrogens with one attached hydrogen (secondary N) is 1. The monoisotopic (exact) mass is 246 g/mol. The van der Waals surface area contributed by atoms with Gasteiger partial charge in [-0.1, -0.05) is 0 Å². The van der Waals surface area contributed by atoms with Gasteiger partial charge in [-0.3, -0.25) is 9.78 Å². The number of rotatable bonds is 6. The Bertz CT molecular complexity index is 451. The zero-order chi connectivity index (χ0) is 13.4. The van der Waals surface area contributed by atoms with Crippen molar-refractivity contribution in [3.63, 3.8) is 0 Å². The highest BCUT2D eigenvalue weighted by molar-refractivity contribution is 5.83. The zero-order valence-electron chi connectivity index (χ0n) is 9.80. The van der Waals surface area contributed by atoms with Crippen LogP contribution < -0.4 is 5.32 Å². The van der Waals surface area contributed by atoms with E-state index in [9.17, 15) is 9.59 Å². The number of carboxylic acids is 1. The molecule has 94 valence electrons. The van der Waals surface area contributed by atoms with E-state index in [4.69, 9.17) is 11.5 Å². The molecular weight excluding hydrogens is 232 g/mol. The van der Waals surface area contributed by atoms with Crippen LogP contribution in [0.1, 0.15) is 18.4 Å². The van der Waals surface area contributed by atoms with Crippen LogP contribution >= 0.6 is 0 Å². The minimum absolute atomic E-state index is 0.0175. The molecule has 1 amide bonds. The van der Waals surface area contributed by atoms with Crippen LogP contribution in [-0.4, -0.2) is 28.0 Å². The summed E-state index contributed by atoms with van der Waals surface area (Å²) in [5.74, 6) is 0.780. The van der Waals surface area contributed by atoms with Crippen molar-refractivity contribution >= 4 is 11.9 Å². The third-order valence-corrected chi connectivity index (χ3v) is 2.35. The van der Waals surface area contributed by atoms with Crippen molar-refractivity contribution in [1.29, 1.82) is 0 Å². The number of carbonyl (C=O) groups excluding carboxylic acids is 1. The molecule has 2 N–H and O–H groups in total. The highest BCUT2D eigenvalue weighted by Gasteiger charge is 2.18. The van der Waals surface area contributed by atoms with Crippen molar-refractivity contribution in [1.82, 2.24) is 10.3 Å². The molecule has 0 aliphatic carbocycles. The van der Waals surface area contributed by atoms with E-state index in [1.807, 2.05) is 12.1 Å². The summed E-state index contributed by atoms with van der Waals surface area (Å²) in [6.45, 7) is 0. The van der Waals surface area contributed by atoms with Crippen LogP contribution in [0.4, 0.5) is 0 Å². The van der Waals surface area contributed by atoms with Gasteiger partial charge in [0.05, 0.1) is 0 Å². The number of carbonyl (C=O) groups is 2. The zero-order valence-corrected chi connectivity index (χ0v) is 9.80. The smallest absolute Gasteiger partial charge is 0.327 e. The number of terminal acetylenes is 1. The Balaban J connectivity index is 2.42. The second kappa shape index (κ2) is 7.07. The van der Waals surface area contributed by atoms with Gasteiger partial charge < -0.3 is 10.4 Å². The Hall–Kier alpha value is -2.35. The van der Waals surface area contributed by atoms with Gasteiger partial charge in [-0.05, 0) is 24.1 Å². The van der Waals surface area contributed by atoms with Crippen LogP contribution in [0, 0.1) is 12.3 Å². The first-order valence-corrected chi connectivity index (χ1v) is 5.48. The number of amides is 1. The van der Waals surface area contributed by atoms with Crippen molar-refractivity contribution in [3.8, 4) is 12.3 Å². The second-order valence-electron chi connectivity index (χ2n) is 3.72. The third kappa shape index (κ3) is 4.66. The number of aromatic nitrogens is 1. The van der Waals surface area contributed by atoms with E-state index < -0.39 is 12.0 Å². The van der Waals surface area contributed by atoms with Crippen molar-refractivity contribution in [2.24, 2.45) is 0 Å². The number of aryl methyl sites for hydroxylation is 1. The molecule has 1 rings (SSSR count). The van der Waals surface area contributed by atoms with Crippen LogP contribution in [0.15, 0.2) is 24.5 Å². The average molecular weight is 246 g/mol. The standard InChI is InChI=1S/C13H14N2O3/c1-2-3-11(13(17)18)15-12(16)5-4-10-6-8-14-9-7-10/h1,6-9,11H,3-5H2,(H,15,16)(H,17,18). The van der Waals surface area contributed by atoms with Crippen molar-refractivity contribution in [2.45, 2.75) is 25.3 Å².